The van der Waals surface area contributed by atoms with Gasteiger partial charge >= 0.3 is 0 Å². The van der Waals surface area contributed by atoms with Crippen LogP contribution in [0.2, 0.25) is 0 Å². The van der Waals surface area contributed by atoms with E-state index in [0.717, 1.165) is 6.42 Å². The van der Waals surface area contributed by atoms with E-state index < -0.39 is 0 Å². The molecule has 1 heteroatoms. The average molecular weight is 184 g/mol. The van der Waals surface area contributed by atoms with E-state index in [2.05, 4.69) is 27.7 Å². The average Bonchev–Trinajstić information content (AvgIpc) is 1.96. The fourth-order valence-corrected chi connectivity index (χ4v) is 2.25. The van der Waals surface area contributed by atoms with Crippen molar-refractivity contribution < 1.29 is 5.11 Å². The van der Waals surface area contributed by atoms with Crippen LogP contribution in [0.3, 0.4) is 0 Å². The van der Waals surface area contributed by atoms with Gasteiger partial charge in [-0.1, -0.05) is 40.5 Å². The Kier molecular flexibility index (Phi) is 3.06. The Bertz CT molecular complexity index is 170. The second-order valence-corrected chi connectivity index (χ2v) is 6.08. The fourth-order valence-electron chi connectivity index (χ4n) is 2.25. The van der Waals surface area contributed by atoms with E-state index in [1.165, 1.54) is 25.7 Å². The Morgan fingerprint density at radius 3 is 2.15 bits per heavy atom. The van der Waals surface area contributed by atoms with Crippen LogP contribution in [0.4, 0.5) is 0 Å². The number of hydrogen-bond donors (Lipinski definition) is 1. The van der Waals surface area contributed by atoms with Crippen molar-refractivity contribution in [2.75, 3.05) is 0 Å². The van der Waals surface area contributed by atoms with E-state index in [4.69, 9.17) is 0 Å². The van der Waals surface area contributed by atoms with E-state index in [-0.39, 0.29) is 11.5 Å². The normalized spacial score (nSPS) is 33.5. The fraction of sp³-hybridized carbons (Fsp3) is 1.00. The van der Waals surface area contributed by atoms with Crippen LogP contribution in [0.1, 0.15) is 59.8 Å². The summed E-state index contributed by atoms with van der Waals surface area (Å²) in [5.41, 5.74) is 0.453. The molecule has 0 spiro atoms. The minimum atomic E-state index is -0.122. The highest BCUT2D eigenvalue weighted by Gasteiger charge is 2.34. The summed E-state index contributed by atoms with van der Waals surface area (Å²) < 4.78 is 0. The molecular formula is C12H24O. The Balaban J connectivity index is 2.67. The third kappa shape index (κ3) is 2.98. The molecule has 1 nitrogen and oxygen atoms in total. The quantitative estimate of drug-likeness (QED) is 0.612. The van der Waals surface area contributed by atoms with Crippen molar-refractivity contribution in [1.29, 1.82) is 0 Å². The van der Waals surface area contributed by atoms with E-state index >= 15 is 0 Å². The molecule has 1 N–H and O–H groups in total. The highest BCUT2D eigenvalue weighted by Crippen LogP contribution is 2.40. The molecule has 0 heterocycles. The summed E-state index contributed by atoms with van der Waals surface area (Å²) in [5, 5.41) is 10.1. The first-order chi connectivity index (χ1) is 5.83. The molecule has 1 aliphatic carbocycles. The lowest BCUT2D eigenvalue weighted by Gasteiger charge is -2.39. The maximum atomic E-state index is 10.1. The van der Waals surface area contributed by atoms with Crippen LogP contribution >= 0.6 is 0 Å². The van der Waals surface area contributed by atoms with Gasteiger partial charge in [0.25, 0.3) is 0 Å². The standard InChI is InChI=1S/C12H24O/c1-11(2)7-5-6-8-12(3,4)10(13)9-11/h10,13H,5-9H2,1-4H3. The maximum Gasteiger partial charge on any atom is 0.0596 e. The molecule has 78 valence electrons. The molecule has 0 aromatic rings. The van der Waals surface area contributed by atoms with Crippen molar-refractivity contribution in [1.82, 2.24) is 0 Å². The first-order valence-electron chi connectivity index (χ1n) is 5.52. The minimum Gasteiger partial charge on any atom is -0.393 e. The second kappa shape index (κ2) is 3.61. The molecule has 13 heavy (non-hydrogen) atoms. The first kappa shape index (κ1) is 11.0. The predicted octanol–water partition coefficient (Wildman–Crippen LogP) is 3.36. The van der Waals surface area contributed by atoms with Gasteiger partial charge in [0.05, 0.1) is 6.10 Å². The zero-order valence-electron chi connectivity index (χ0n) is 9.56. The minimum absolute atomic E-state index is 0.122. The highest BCUT2D eigenvalue weighted by molar-refractivity contribution is 4.85. The summed E-state index contributed by atoms with van der Waals surface area (Å²) in [5.74, 6) is 0. The largest absolute Gasteiger partial charge is 0.393 e. The van der Waals surface area contributed by atoms with Gasteiger partial charge in [-0.3, -0.25) is 0 Å². The summed E-state index contributed by atoms with van der Waals surface area (Å²) >= 11 is 0. The van der Waals surface area contributed by atoms with Gasteiger partial charge in [-0.15, -0.1) is 0 Å². The zero-order chi connectivity index (χ0) is 10.1. The van der Waals surface area contributed by atoms with Crippen LogP contribution in [-0.2, 0) is 0 Å². The Labute approximate surface area is 82.5 Å². The summed E-state index contributed by atoms with van der Waals surface area (Å²) in [6.07, 6.45) is 5.86. The van der Waals surface area contributed by atoms with Gasteiger partial charge in [-0.05, 0) is 30.1 Å². The summed E-state index contributed by atoms with van der Waals surface area (Å²) in [4.78, 5) is 0. The second-order valence-electron chi connectivity index (χ2n) is 6.08. The lowest BCUT2D eigenvalue weighted by Crippen LogP contribution is -2.35. The lowest BCUT2D eigenvalue weighted by atomic mass is 9.70. The van der Waals surface area contributed by atoms with Crippen LogP contribution in [0.5, 0.6) is 0 Å². The van der Waals surface area contributed by atoms with E-state index in [9.17, 15) is 5.11 Å². The van der Waals surface area contributed by atoms with Gasteiger partial charge in [-0.2, -0.15) is 0 Å². The van der Waals surface area contributed by atoms with Crippen LogP contribution in [0.25, 0.3) is 0 Å². The molecule has 0 aliphatic heterocycles. The first-order valence-corrected chi connectivity index (χ1v) is 5.52. The SMILES string of the molecule is CC1(C)CCCCC(C)(C)C(O)C1. The number of rotatable bonds is 0. The van der Waals surface area contributed by atoms with Crippen LogP contribution in [0, 0.1) is 10.8 Å². The van der Waals surface area contributed by atoms with Gasteiger partial charge in [0.1, 0.15) is 0 Å². The van der Waals surface area contributed by atoms with Gasteiger partial charge in [0.2, 0.25) is 0 Å². The number of aliphatic hydroxyl groups excluding tert-OH is 1. The van der Waals surface area contributed by atoms with E-state index in [1.54, 1.807) is 0 Å². The summed E-state index contributed by atoms with van der Waals surface area (Å²) in [7, 11) is 0. The molecule has 0 bridgehead atoms. The molecule has 1 rings (SSSR count). The van der Waals surface area contributed by atoms with Crippen LogP contribution < -0.4 is 0 Å². The van der Waals surface area contributed by atoms with Crippen molar-refractivity contribution in [2.45, 2.75) is 65.9 Å². The molecule has 1 saturated carbocycles. The van der Waals surface area contributed by atoms with Crippen LogP contribution in [0.15, 0.2) is 0 Å². The van der Waals surface area contributed by atoms with Crippen molar-refractivity contribution >= 4 is 0 Å². The highest BCUT2D eigenvalue weighted by atomic mass is 16.3. The van der Waals surface area contributed by atoms with Gasteiger partial charge in [0.15, 0.2) is 0 Å². The van der Waals surface area contributed by atoms with Crippen LogP contribution in [-0.4, -0.2) is 11.2 Å². The number of aliphatic hydroxyl groups is 1. The smallest absolute Gasteiger partial charge is 0.0596 e. The Morgan fingerprint density at radius 1 is 1.00 bits per heavy atom. The topological polar surface area (TPSA) is 20.2 Å². The Hall–Kier alpha value is -0.0400. The third-order valence-corrected chi connectivity index (χ3v) is 3.57. The third-order valence-electron chi connectivity index (χ3n) is 3.57. The molecular weight excluding hydrogens is 160 g/mol. The Morgan fingerprint density at radius 2 is 1.54 bits per heavy atom. The molecule has 1 aliphatic rings. The van der Waals surface area contributed by atoms with Crippen molar-refractivity contribution in [2.24, 2.45) is 10.8 Å². The molecule has 1 atom stereocenters. The van der Waals surface area contributed by atoms with Crippen molar-refractivity contribution in [3.63, 3.8) is 0 Å². The van der Waals surface area contributed by atoms with Crippen molar-refractivity contribution in [3.8, 4) is 0 Å². The zero-order valence-corrected chi connectivity index (χ0v) is 9.56. The van der Waals surface area contributed by atoms with Gasteiger partial charge in [0, 0.05) is 0 Å². The lowest BCUT2D eigenvalue weighted by molar-refractivity contribution is -0.00424. The molecule has 1 unspecified atom stereocenters. The molecule has 0 aromatic heterocycles. The molecule has 0 saturated heterocycles. The van der Waals surface area contributed by atoms with Crippen molar-refractivity contribution in [3.05, 3.63) is 0 Å². The summed E-state index contributed by atoms with van der Waals surface area (Å²) in [6.45, 7) is 8.94. The molecule has 0 amide bonds. The number of hydrogen-bond acceptors (Lipinski definition) is 1. The summed E-state index contributed by atoms with van der Waals surface area (Å²) in [6, 6.07) is 0. The van der Waals surface area contributed by atoms with E-state index in [1.807, 2.05) is 0 Å². The monoisotopic (exact) mass is 184 g/mol. The predicted molar refractivity (Wildman–Crippen MR) is 56.7 cm³/mol. The maximum absolute atomic E-state index is 10.1. The van der Waals surface area contributed by atoms with Gasteiger partial charge in [-0.25, -0.2) is 0 Å². The molecule has 0 aromatic carbocycles. The van der Waals surface area contributed by atoms with Gasteiger partial charge < -0.3 is 5.11 Å². The van der Waals surface area contributed by atoms with E-state index in [0.29, 0.717) is 5.41 Å². The molecule has 0 radical (unpaired) electrons. The molecule has 1 fully saturated rings.